The highest BCUT2D eigenvalue weighted by Crippen LogP contribution is 2.27. The summed E-state index contributed by atoms with van der Waals surface area (Å²) in [5, 5.41) is 0. The number of hydrogen-bond acceptors (Lipinski definition) is 4. The van der Waals surface area contributed by atoms with Crippen molar-refractivity contribution in [1.29, 1.82) is 0 Å². The first-order chi connectivity index (χ1) is 8.63. The van der Waals surface area contributed by atoms with E-state index >= 15 is 0 Å². The lowest BCUT2D eigenvalue weighted by Gasteiger charge is -2.24. The number of nitrogens with two attached hydrogens (primary N) is 1. The Hall–Kier alpha value is -1.10. The standard InChI is InChI=1S/C14H24N2O2/c1-10(7-8-17-3)14(16-15)12-5-6-13(18-4)11(2)9-12/h5-6,9-10,14,16H,7-8,15H2,1-4H3. The normalized spacial score (nSPS) is 14.3. The molecular weight excluding hydrogens is 228 g/mol. The number of rotatable bonds is 7. The molecule has 0 aliphatic heterocycles. The van der Waals surface area contributed by atoms with Crippen molar-refractivity contribution in [2.45, 2.75) is 26.3 Å². The van der Waals surface area contributed by atoms with Crippen molar-refractivity contribution < 1.29 is 9.47 Å². The predicted octanol–water partition coefficient (Wildman–Crippen LogP) is 2.18. The third-order valence-corrected chi connectivity index (χ3v) is 3.30. The van der Waals surface area contributed by atoms with E-state index in [2.05, 4.69) is 24.5 Å². The van der Waals surface area contributed by atoms with Gasteiger partial charge in [-0.2, -0.15) is 0 Å². The van der Waals surface area contributed by atoms with E-state index in [4.69, 9.17) is 15.3 Å². The van der Waals surface area contributed by atoms with Crippen LogP contribution in [0.25, 0.3) is 0 Å². The fourth-order valence-electron chi connectivity index (χ4n) is 2.15. The molecule has 0 aliphatic rings. The highest BCUT2D eigenvalue weighted by molar-refractivity contribution is 5.37. The zero-order chi connectivity index (χ0) is 13.5. The zero-order valence-electron chi connectivity index (χ0n) is 11.7. The van der Waals surface area contributed by atoms with Gasteiger partial charge in [-0.1, -0.05) is 19.1 Å². The number of aryl methyl sites for hydroxylation is 1. The Morgan fingerprint density at radius 2 is 2.06 bits per heavy atom. The molecule has 18 heavy (non-hydrogen) atoms. The molecule has 0 aliphatic carbocycles. The topological polar surface area (TPSA) is 56.5 Å². The van der Waals surface area contributed by atoms with Gasteiger partial charge in [0.15, 0.2) is 0 Å². The van der Waals surface area contributed by atoms with Crippen molar-refractivity contribution in [2.75, 3.05) is 20.8 Å². The van der Waals surface area contributed by atoms with Crippen molar-refractivity contribution in [1.82, 2.24) is 5.43 Å². The minimum atomic E-state index is 0.129. The molecule has 2 atom stereocenters. The third kappa shape index (κ3) is 3.70. The molecular formula is C14H24N2O2. The van der Waals surface area contributed by atoms with Gasteiger partial charge in [0.25, 0.3) is 0 Å². The molecule has 0 radical (unpaired) electrons. The van der Waals surface area contributed by atoms with E-state index in [1.54, 1.807) is 14.2 Å². The number of hydrazine groups is 1. The summed E-state index contributed by atoms with van der Waals surface area (Å²) in [7, 11) is 3.40. The van der Waals surface area contributed by atoms with E-state index in [-0.39, 0.29) is 6.04 Å². The van der Waals surface area contributed by atoms with Crippen LogP contribution < -0.4 is 16.0 Å². The highest BCUT2D eigenvalue weighted by Gasteiger charge is 2.18. The molecule has 2 unspecified atom stereocenters. The Labute approximate surface area is 109 Å². The molecule has 0 bridgehead atoms. The molecule has 0 amide bonds. The molecule has 4 nitrogen and oxygen atoms in total. The van der Waals surface area contributed by atoms with Crippen LogP contribution in [0.5, 0.6) is 5.75 Å². The van der Waals surface area contributed by atoms with E-state index < -0.39 is 0 Å². The Kier molecular flexibility index (Phi) is 6.12. The summed E-state index contributed by atoms with van der Waals surface area (Å²) in [5.74, 6) is 6.98. The fourth-order valence-corrected chi connectivity index (χ4v) is 2.15. The Bertz CT molecular complexity index is 369. The highest BCUT2D eigenvalue weighted by atomic mass is 16.5. The molecule has 3 N–H and O–H groups in total. The van der Waals surface area contributed by atoms with Gasteiger partial charge < -0.3 is 9.47 Å². The van der Waals surface area contributed by atoms with Crippen LogP contribution >= 0.6 is 0 Å². The molecule has 4 heteroatoms. The van der Waals surface area contributed by atoms with Crippen molar-refractivity contribution in [3.63, 3.8) is 0 Å². The first-order valence-electron chi connectivity index (χ1n) is 6.23. The summed E-state index contributed by atoms with van der Waals surface area (Å²) in [6.07, 6.45) is 0.969. The number of nitrogens with one attached hydrogen (secondary N) is 1. The second-order valence-corrected chi connectivity index (χ2v) is 4.63. The maximum Gasteiger partial charge on any atom is 0.121 e. The molecule has 1 aromatic rings. The maximum absolute atomic E-state index is 5.68. The maximum atomic E-state index is 5.68. The number of hydrogen-bond donors (Lipinski definition) is 2. The first kappa shape index (κ1) is 15.0. The van der Waals surface area contributed by atoms with Crippen LogP contribution in [0.15, 0.2) is 18.2 Å². The molecule has 0 heterocycles. The van der Waals surface area contributed by atoms with E-state index in [0.29, 0.717) is 5.92 Å². The van der Waals surface area contributed by atoms with Gasteiger partial charge in [0.05, 0.1) is 7.11 Å². The molecule has 0 aromatic heterocycles. The lowest BCUT2D eigenvalue weighted by atomic mass is 9.91. The molecule has 0 saturated carbocycles. The van der Waals surface area contributed by atoms with Crippen molar-refractivity contribution in [2.24, 2.45) is 11.8 Å². The summed E-state index contributed by atoms with van der Waals surface area (Å²) in [4.78, 5) is 0. The van der Waals surface area contributed by atoms with Crippen LogP contribution in [0.2, 0.25) is 0 Å². The van der Waals surface area contributed by atoms with Gasteiger partial charge in [-0.05, 0) is 36.5 Å². The van der Waals surface area contributed by atoms with E-state index in [1.807, 2.05) is 13.0 Å². The van der Waals surface area contributed by atoms with Crippen molar-refractivity contribution in [3.8, 4) is 5.75 Å². The van der Waals surface area contributed by atoms with Crippen LogP contribution in [0.3, 0.4) is 0 Å². The van der Waals surface area contributed by atoms with Gasteiger partial charge >= 0.3 is 0 Å². The second kappa shape index (κ2) is 7.36. The minimum Gasteiger partial charge on any atom is -0.496 e. The van der Waals surface area contributed by atoms with Crippen LogP contribution in [-0.4, -0.2) is 20.8 Å². The van der Waals surface area contributed by atoms with Gasteiger partial charge in [0.2, 0.25) is 0 Å². The van der Waals surface area contributed by atoms with Crippen LogP contribution in [-0.2, 0) is 4.74 Å². The lowest BCUT2D eigenvalue weighted by Crippen LogP contribution is -2.33. The Balaban J connectivity index is 2.84. The van der Waals surface area contributed by atoms with E-state index in [9.17, 15) is 0 Å². The van der Waals surface area contributed by atoms with Crippen molar-refractivity contribution >= 4 is 0 Å². The first-order valence-corrected chi connectivity index (χ1v) is 6.23. The lowest BCUT2D eigenvalue weighted by molar-refractivity contribution is 0.170. The summed E-state index contributed by atoms with van der Waals surface area (Å²) in [5.41, 5.74) is 5.19. The average molecular weight is 252 g/mol. The molecule has 102 valence electrons. The van der Waals surface area contributed by atoms with Gasteiger partial charge in [-0.25, -0.2) is 0 Å². The minimum absolute atomic E-state index is 0.129. The monoisotopic (exact) mass is 252 g/mol. The van der Waals surface area contributed by atoms with Gasteiger partial charge in [0, 0.05) is 19.8 Å². The predicted molar refractivity (Wildman–Crippen MR) is 73.5 cm³/mol. The SMILES string of the molecule is COCCC(C)C(NN)c1ccc(OC)c(C)c1. The molecule has 1 aromatic carbocycles. The van der Waals surface area contributed by atoms with E-state index in [0.717, 1.165) is 24.3 Å². The molecule has 1 rings (SSSR count). The number of ether oxygens (including phenoxy) is 2. The zero-order valence-corrected chi connectivity index (χ0v) is 11.7. The summed E-state index contributed by atoms with van der Waals surface area (Å²) >= 11 is 0. The molecule has 0 fully saturated rings. The molecule has 0 saturated heterocycles. The Morgan fingerprint density at radius 1 is 1.33 bits per heavy atom. The molecule has 0 spiro atoms. The summed E-state index contributed by atoms with van der Waals surface area (Å²) in [6.45, 7) is 4.95. The third-order valence-electron chi connectivity index (χ3n) is 3.30. The largest absolute Gasteiger partial charge is 0.496 e. The quantitative estimate of drug-likeness (QED) is 0.577. The summed E-state index contributed by atoms with van der Waals surface area (Å²) < 4.78 is 10.4. The van der Waals surface area contributed by atoms with Crippen LogP contribution in [0.4, 0.5) is 0 Å². The smallest absolute Gasteiger partial charge is 0.121 e. The van der Waals surface area contributed by atoms with E-state index in [1.165, 1.54) is 5.56 Å². The van der Waals surface area contributed by atoms with Crippen LogP contribution in [0, 0.1) is 12.8 Å². The van der Waals surface area contributed by atoms with Crippen molar-refractivity contribution in [3.05, 3.63) is 29.3 Å². The van der Waals surface area contributed by atoms with Crippen LogP contribution in [0.1, 0.15) is 30.5 Å². The van der Waals surface area contributed by atoms with Gasteiger partial charge in [-0.3, -0.25) is 11.3 Å². The number of methoxy groups -OCH3 is 2. The average Bonchev–Trinajstić information content (AvgIpc) is 2.37. The fraction of sp³-hybridized carbons (Fsp3) is 0.571. The van der Waals surface area contributed by atoms with Gasteiger partial charge in [0.1, 0.15) is 5.75 Å². The summed E-state index contributed by atoms with van der Waals surface area (Å²) in [6, 6.07) is 6.29. The van der Waals surface area contributed by atoms with Gasteiger partial charge in [-0.15, -0.1) is 0 Å². The second-order valence-electron chi connectivity index (χ2n) is 4.63. The number of benzene rings is 1. The Morgan fingerprint density at radius 3 is 2.56 bits per heavy atom.